The zero-order valence-electron chi connectivity index (χ0n) is 13.6. The van der Waals surface area contributed by atoms with Gasteiger partial charge in [-0.3, -0.25) is 9.78 Å². The van der Waals surface area contributed by atoms with Crippen LogP contribution in [-0.4, -0.2) is 33.9 Å². The minimum absolute atomic E-state index is 0.185. The van der Waals surface area contributed by atoms with Crippen LogP contribution in [0.1, 0.15) is 48.3 Å². The highest BCUT2D eigenvalue weighted by atomic mass is 35.5. The van der Waals surface area contributed by atoms with E-state index in [-0.39, 0.29) is 22.7 Å². The van der Waals surface area contributed by atoms with Gasteiger partial charge in [-0.15, -0.1) is 0 Å². The van der Waals surface area contributed by atoms with Crippen molar-refractivity contribution < 1.29 is 4.79 Å². The Hall–Kier alpha value is -2.21. The molecular formula is C17H20ClN5O. The van der Waals surface area contributed by atoms with Gasteiger partial charge in [0, 0.05) is 25.5 Å². The number of nitrogens with zero attached hydrogens (tertiary/aromatic N) is 4. The third kappa shape index (κ3) is 3.82. The van der Waals surface area contributed by atoms with E-state index in [1.54, 1.807) is 12.4 Å². The second kappa shape index (κ2) is 7.57. The first-order valence-electron chi connectivity index (χ1n) is 8.13. The number of rotatable bonds is 4. The van der Waals surface area contributed by atoms with E-state index in [1.165, 1.54) is 12.6 Å². The van der Waals surface area contributed by atoms with Gasteiger partial charge in [0.05, 0.1) is 17.3 Å². The molecule has 0 spiro atoms. The molecule has 24 heavy (non-hydrogen) atoms. The summed E-state index contributed by atoms with van der Waals surface area (Å²) in [6.45, 7) is 3.72. The van der Waals surface area contributed by atoms with E-state index >= 15 is 0 Å². The van der Waals surface area contributed by atoms with Crippen molar-refractivity contribution in [1.29, 1.82) is 0 Å². The highest BCUT2D eigenvalue weighted by Gasteiger charge is 2.20. The molecule has 0 bridgehead atoms. The lowest BCUT2D eigenvalue weighted by molar-refractivity contribution is 0.0935. The van der Waals surface area contributed by atoms with Crippen LogP contribution in [0.25, 0.3) is 0 Å². The van der Waals surface area contributed by atoms with Gasteiger partial charge in [-0.1, -0.05) is 17.7 Å². The summed E-state index contributed by atoms with van der Waals surface area (Å²) in [5.41, 5.74) is 1.13. The lowest BCUT2D eigenvalue weighted by Gasteiger charge is -2.26. The molecule has 3 rings (SSSR count). The summed E-state index contributed by atoms with van der Waals surface area (Å²) in [4.78, 5) is 27.4. The molecule has 3 heterocycles. The Bertz CT molecular complexity index is 703. The first kappa shape index (κ1) is 16.6. The molecule has 2 aromatic heterocycles. The van der Waals surface area contributed by atoms with Gasteiger partial charge in [0.15, 0.2) is 5.69 Å². The molecule has 0 aliphatic carbocycles. The summed E-state index contributed by atoms with van der Waals surface area (Å²) in [5.74, 6) is 0.260. The maximum absolute atomic E-state index is 12.6. The van der Waals surface area contributed by atoms with E-state index in [0.29, 0.717) is 5.95 Å². The number of carbonyl (C=O) groups excluding carboxylic acids is 1. The number of pyridine rings is 1. The highest BCUT2D eigenvalue weighted by Crippen LogP contribution is 2.20. The Morgan fingerprint density at radius 3 is 2.79 bits per heavy atom. The predicted molar refractivity (Wildman–Crippen MR) is 93.2 cm³/mol. The van der Waals surface area contributed by atoms with Gasteiger partial charge < -0.3 is 10.2 Å². The summed E-state index contributed by atoms with van der Waals surface area (Å²) in [6.07, 6.45) is 8.38. The zero-order chi connectivity index (χ0) is 16.9. The molecule has 0 saturated carbocycles. The van der Waals surface area contributed by atoms with E-state index in [9.17, 15) is 4.79 Å². The van der Waals surface area contributed by atoms with Crippen LogP contribution >= 0.6 is 11.6 Å². The van der Waals surface area contributed by atoms with Gasteiger partial charge in [0.25, 0.3) is 5.91 Å². The van der Waals surface area contributed by atoms with Crippen LogP contribution in [-0.2, 0) is 0 Å². The largest absolute Gasteiger partial charge is 0.344 e. The van der Waals surface area contributed by atoms with Crippen molar-refractivity contribution in [3.05, 3.63) is 47.0 Å². The lowest BCUT2D eigenvalue weighted by atomic mass is 10.1. The molecule has 1 aliphatic rings. The van der Waals surface area contributed by atoms with E-state index in [4.69, 9.17) is 11.6 Å². The Labute approximate surface area is 146 Å². The Balaban J connectivity index is 1.76. The van der Waals surface area contributed by atoms with Crippen molar-refractivity contribution in [1.82, 2.24) is 20.3 Å². The summed E-state index contributed by atoms with van der Waals surface area (Å²) < 4.78 is 0. The maximum Gasteiger partial charge on any atom is 0.272 e. The zero-order valence-corrected chi connectivity index (χ0v) is 14.3. The molecule has 0 unspecified atom stereocenters. The number of anilines is 1. The summed E-state index contributed by atoms with van der Waals surface area (Å²) in [6, 6.07) is 3.57. The number of hydrogen-bond donors (Lipinski definition) is 1. The SMILES string of the molecule is C[C@@H](NC(=O)c1nc(N2CCCCC2)ncc1Cl)c1cccnc1. The molecule has 6 nitrogen and oxygen atoms in total. The van der Waals surface area contributed by atoms with E-state index in [0.717, 1.165) is 31.5 Å². The molecular weight excluding hydrogens is 326 g/mol. The second-order valence-corrected chi connectivity index (χ2v) is 6.30. The predicted octanol–water partition coefficient (Wildman–Crippen LogP) is 3.01. The number of carbonyl (C=O) groups is 1. The average molecular weight is 346 g/mol. The van der Waals surface area contributed by atoms with E-state index in [1.807, 2.05) is 19.1 Å². The topological polar surface area (TPSA) is 71.0 Å². The van der Waals surface area contributed by atoms with Crippen molar-refractivity contribution >= 4 is 23.5 Å². The van der Waals surface area contributed by atoms with Gasteiger partial charge in [-0.25, -0.2) is 9.97 Å². The third-order valence-corrected chi connectivity index (χ3v) is 4.39. The monoisotopic (exact) mass is 345 g/mol. The first-order chi connectivity index (χ1) is 11.6. The minimum Gasteiger partial charge on any atom is -0.344 e. The van der Waals surface area contributed by atoms with Gasteiger partial charge in [0.1, 0.15) is 0 Å². The van der Waals surface area contributed by atoms with Crippen molar-refractivity contribution in [2.45, 2.75) is 32.2 Å². The van der Waals surface area contributed by atoms with Crippen LogP contribution in [0, 0.1) is 0 Å². The number of halogens is 1. The van der Waals surface area contributed by atoms with Crippen molar-refractivity contribution in [2.75, 3.05) is 18.0 Å². The maximum atomic E-state index is 12.6. The minimum atomic E-state index is -0.308. The van der Waals surface area contributed by atoms with Gasteiger partial charge in [-0.05, 0) is 37.8 Å². The normalized spacial score (nSPS) is 15.8. The Morgan fingerprint density at radius 2 is 2.08 bits per heavy atom. The summed E-state index contributed by atoms with van der Waals surface area (Å²) >= 11 is 6.14. The van der Waals surface area contributed by atoms with Crippen LogP contribution in [0.2, 0.25) is 5.02 Å². The molecule has 1 amide bonds. The lowest BCUT2D eigenvalue weighted by Crippen LogP contribution is -2.32. The molecule has 1 N–H and O–H groups in total. The number of aromatic nitrogens is 3. The van der Waals surface area contributed by atoms with Crippen LogP contribution in [0.4, 0.5) is 5.95 Å². The Morgan fingerprint density at radius 1 is 1.29 bits per heavy atom. The van der Waals surface area contributed by atoms with Crippen LogP contribution in [0.3, 0.4) is 0 Å². The first-order valence-corrected chi connectivity index (χ1v) is 8.51. The fourth-order valence-corrected chi connectivity index (χ4v) is 2.92. The van der Waals surface area contributed by atoms with Crippen molar-refractivity contribution in [2.24, 2.45) is 0 Å². The fourth-order valence-electron chi connectivity index (χ4n) is 2.74. The highest BCUT2D eigenvalue weighted by molar-refractivity contribution is 6.33. The van der Waals surface area contributed by atoms with Crippen LogP contribution in [0.5, 0.6) is 0 Å². The number of nitrogens with one attached hydrogen (secondary N) is 1. The van der Waals surface area contributed by atoms with Gasteiger partial charge in [-0.2, -0.15) is 0 Å². The molecule has 1 fully saturated rings. The number of piperidine rings is 1. The van der Waals surface area contributed by atoms with Crippen LogP contribution in [0.15, 0.2) is 30.7 Å². The smallest absolute Gasteiger partial charge is 0.272 e. The number of amides is 1. The average Bonchev–Trinajstić information content (AvgIpc) is 2.63. The third-order valence-electron chi connectivity index (χ3n) is 4.12. The molecule has 0 radical (unpaired) electrons. The van der Waals surface area contributed by atoms with E-state index < -0.39 is 0 Å². The molecule has 7 heteroatoms. The quantitative estimate of drug-likeness (QED) is 0.922. The summed E-state index contributed by atoms with van der Waals surface area (Å²) in [7, 11) is 0. The molecule has 1 saturated heterocycles. The molecule has 2 aromatic rings. The van der Waals surface area contributed by atoms with Crippen LogP contribution < -0.4 is 10.2 Å². The van der Waals surface area contributed by atoms with Crippen molar-refractivity contribution in [3.8, 4) is 0 Å². The molecule has 1 aliphatic heterocycles. The second-order valence-electron chi connectivity index (χ2n) is 5.90. The fraction of sp³-hybridized carbons (Fsp3) is 0.412. The van der Waals surface area contributed by atoms with Gasteiger partial charge in [0.2, 0.25) is 5.95 Å². The van der Waals surface area contributed by atoms with Crippen molar-refractivity contribution in [3.63, 3.8) is 0 Å². The molecule has 0 aromatic carbocycles. The standard InChI is InChI=1S/C17H20ClN5O/c1-12(13-6-5-7-19-10-13)21-16(24)15-14(18)11-20-17(22-15)23-8-3-2-4-9-23/h5-7,10-12H,2-4,8-9H2,1H3,(H,21,24)/t12-/m1/s1. The molecule has 126 valence electrons. The number of hydrogen-bond acceptors (Lipinski definition) is 5. The Kier molecular flexibility index (Phi) is 5.25. The summed E-state index contributed by atoms with van der Waals surface area (Å²) in [5, 5.41) is 3.17. The molecule has 1 atom stereocenters. The van der Waals surface area contributed by atoms with E-state index in [2.05, 4.69) is 25.2 Å². The van der Waals surface area contributed by atoms with Gasteiger partial charge >= 0.3 is 0 Å².